The number of hydrogen-bond donors (Lipinski definition) is 1. The quantitative estimate of drug-likeness (QED) is 0.174. The van der Waals surface area contributed by atoms with Gasteiger partial charge in [-0.3, -0.25) is 10.1 Å². The molecule has 0 saturated carbocycles. The standard InChI is InChI=1S/C33H34BN3.C6H7N.C3H2F3N3.Pt/c1-22-15-24(3)32(25(4)16-22)34(33-26(5)17-23(2)18-27(33)6)30-14-10-13-29(19-30)31-21-37(36-35-31)20-28-11-8-7-9-12-28;1-6-4-2-3-5-7-6;4-3(5,6)2-7-1-8-9-2;/h7-19,21H,20H2,1-6H3;2-5H,1H3;1H,(H,7,8,9);/q;;;+2. The summed E-state index contributed by atoms with van der Waals surface area (Å²) in [5.41, 5.74) is 16.3. The van der Waals surface area contributed by atoms with Crippen molar-refractivity contribution in [2.24, 2.45) is 0 Å². The Morgan fingerprint density at radius 3 is 1.74 bits per heavy atom. The van der Waals surface area contributed by atoms with E-state index in [1.807, 2.05) is 42.1 Å². The molecule has 0 fully saturated rings. The largest absolute Gasteiger partial charge is 2.00 e. The molecule has 12 heteroatoms. The molecule has 7 rings (SSSR count). The zero-order valence-corrected chi connectivity index (χ0v) is 33.7. The van der Waals surface area contributed by atoms with Crippen molar-refractivity contribution in [2.75, 3.05) is 0 Å². The first-order valence-corrected chi connectivity index (χ1v) is 17.3. The molecule has 0 spiro atoms. The van der Waals surface area contributed by atoms with Crippen LogP contribution in [0.2, 0.25) is 0 Å². The molecule has 7 nitrogen and oxygen atoms in total. The Morgan fingerprint density at radius 1 is 0.685 bits per heavy atom. The van der Waals surface area contributed by atoms with Gasteiger partial charge in [-0.15, -0.1) is 5.10 Å². The monoisotopic (exact) mass is 908 g/mol. The zero-order chi connectivity index (χ0) is 38.1. The van der Waals surface area contributed by atoms with Crippen LogP contribution in [0.25, 0.3) is 11.3 Å². The molecule has 0 unspecified atom stereocenters. The number of aryl methyl sites for hydroxylation is 7. The summed E-state index contributed by atoms with van der Waals surface area (Å²) < 4.78 is 36.4. The minimum atomic E-state index is -4.41. The van der Waals surface area contributed by atoms with Crippen LogP contribution < -0.4 is 16.4 Å². The van der Waals surface area contributed by atoms with Crippen LogP contribution in [-0.4, -0.2) is 41.9 Å². The number of benzene rings is 4. The van der Waals surface area contributed by atoms with Gasteiger partial charge in [0.15, 0.2) is 0 Å². The summed E-state index contributed by atoms with van der Waals surface area (Å²) in [6.45, 7) is 16.2. The van der Waals surface area contributed by atoms with Crippen LogP contribution in [0.15, 0.2) is 116 Å². The molecule has 0 amide bonds. The molecule has 54 heavy (non-hydrogen) atoms. The van der Waals surface area contributed by atoms with Crippen LogP contribution in [0.5, 0.6) is 0 Å². The number of pyridine rings is 1. The molecule has 3 heterocycles. The van der Waals surface area contributed by atoms with Crippen molar-refractivity contribution in [1.29, 1.82) is 0 Å². The van der Waals surface area contributed by atoms with Crippen molar-refractivity contribution in [3.05, 3.63) is 166 Å². The maximum atomic E-state index is 11.5. The van der Waals surface area contributed by atoms with Crippen LogP contribution >= 0.6 is 0 Å². The van der Waals surface area contributed by atoms with Gasteiger partial charge >= 0.3 is 27.2 Å². The van der Waals surface area contributed by atoms with Crippen LogP contribution in [0.4, 0.5) is 13.2 Å². The summed E-state index contributed by atoms with van der Waals surface area (Å²) in [7, 11) is 0. The van der Waals surface area contributed by atoms with E-state index in [-0.39, 0.29) is 27.8 Å². The fourth-order valence-corrected chi connectivity index (χ4v) is 6.72. The van der Waals surface area contributed by atoms with E-state index in [1.165, 1.54) is 55.3 Å². The molecule has 1 N–H and O–H groups in total. The van der Waals surface area contributed by atoms with E-state index in [4.69, 9.17) is 0 Å². The fraction of sp³-hybridized carbons (Fsp3) is 0.214. The van der Waals surface area contributed by atoms with Gasteiger partial charge in [0.25, 0.3) is 0 Å². The summed E-state index contributed by atoms with van der Waals surface area (Å²) in [6.07, 6.45) is 0.237. The average Bonchev–Trinajstić information content (AvgIpc) is 3.82. The summed E-state index contributed by atoms with van der Waals surface area (Å²) in [5.74, 6) is -1.07. The molecule has 0 aliphatic carbocycles. The van der Waals surface area contributed by atoms with Gasteiger partial charge in [0.2, 0.25) is 12.5 Å². The van der Waals surface area contributed by atoms with Crippen LogP contribution in [-0.2, 0) is 33.8 Å². The predicted octanol–water partition coefficient (Wildman–Crippen LogP) is 7.57. The predicted molar refractivity (Wildman–Crippen MR) is 207 cm³/mol. The summed E-state index contributed by atoms with van der Waals surface area (Å²) in [4.78, 5) is 6.88. The van der Waals surface area contributed by atoms with E-state index in [2.05, 4.69) is 140 Å². The summed E-state index contributed by atoms with van der Waals surface area (Å²) in [6, 6.07) is 34.4. The van der Waals surface area contributed by atoms with Crippen molar-refractivity contribution in [3.8, 4) is 11.3 Å². The number of hydrogen-bond acceptors (Lipinski definition) is 5. The van der Waals surface area contributed by atoms with Gasteiger partial charge in [-0.05, 0) is 66.2 Å². The molecule has 0 bridgehead atoms. The Bertz CT molecular complexity index is 2140. The fourth-order valence-electron chi connectivity index (χ4n) is 6.72. The Balaban J connectivity index is 0.000000315. The molecular formula is C42H43BF3N7Pt+2. The van der Waals surface area contributed by atoms with E-state index in [0.717, 1.165) is 23.3 Å². The molecule has 0 saturated heterocycles. The third-order valence-electron chi connectivity index (χ3n) is 8.79. The van der Waals surface area contributed by atoms with Gasteiger partial charge in [-0.1, -0.05) is 140 Å². The Labute approximate surface area is 329 Å². The number of H-pyrrole nitrogens is 1. The third-order valence-corrected chi connectivity index (χ3v) is 8.79. The molecule has 0 radical (unpaired) electrons. The van der Waals surface area contributed by atoms with Crippen molar-refractivity contribution < 1.29 is 34.2 Å². The number of nitrogens with zero attached hydrogens (tertiary/aromatic N) is 6. The van der Waals surface area contributed by atoms with Crippen LogP contribution in [0.3, 0.4) is 0 Å². The number of aromatic amines is 1. The number of nitrogens with one attached hydrogen (secondary N) is 1. The van der Waals surface area contributed by atoms with Gasteiger partial charge in [-0.25, -0.2) is 9.67 Å². The summed E-state index contributed by atoms with van der Waals surface area (Å²) >= 11 is 0. The van der Waals surface area contributed by atoms with Gasteiger partial charge in [0, 0.05) is 17.5 Å². The first kappa shape index (κ1) is 41.6. The van der Waals surface area contributed by atoms with E-state index < -0.39 is 12.0 Å². The second-order valence-electron chi connectivity index (χ2n) is 13.3. The maximum Gasteiger partial charge on any atom is 2.00 e. The van der Waals surface area contributed by atoms with Gasteiger partial charge in [-0.2, -0.15) is 18.3 Å². The zero-order valence-electron chi connectivity index (χ0n) is 31.4. The normalized spacial score (nSPS) is 10.7. The smallest absolute Gasteiger partial charge is 0.262 e. The SMILES string of the molecule is Cc1cc(C)c(B(c2cccc(-c3cn(Cc4ccccc4)nn3)c2)c2c(C)cc(C)cc2C)c(C)c1.Cc1ccccn1.FC(F)(F)c1ncn[nH]1.[Pt+2]. The van der Waals surface area contributed by atoms with Crippen molar-refractivity contribution in [2.45, 2.75) is 61.2 Å². The average molecular weight is 909 g/mol. The number of alkyl halides is 3. The molecule has 0 atom stereocenters. The first-order valence-electron chi connectivity index (χ1n) is 17.3. The minimum Gasteiger partial charge on any atom is -0.262 e. The van der Waals surface area contributed by atoms with Crippen molar-refractivity contribution in [1.82, 2.24) is 35.2 Å². The molecule has 3 aromatic heterocycles. The van der Waals surface area contributed by atoms with Gasteiger partial charge in [0.1, 0.15) is 12.0 Å². The summed E-state index contributed by atoms with van der Waals surface area (Å²) in [5, 5.41) is 13.7. The number of rotatable bonds is 6. The van der Waals surface area contributed by atoms with Gasteiger partial charge < -0.3 is 0 Å². The molecule has 0 aliphatic rings. The first-order chi connectivity index (χ1) is 25.3. The minimum absolute atomic E-state index is 0. The van der Waals surface area contributed by atoms with Crippen LogP contribution in [0, 0.1) is 48.5 Å². The van der Waals surface area contributed by atoms with Crippen molar-refractivity contribution >= 4 is 23.1 Å². The third kappa shape index (κ3) is 10.9. The Morgan fingerprint density at radius 2 is 1.28 bits per heavy atom. The van der Waals surface area contributed by atoms with E-state index >= 15 is 0 Å². The van der Waals surface area contributed by atoms with E-state index in [1.54, 1.807) is 11.3 Å². The number of halogens is 3. The maximum absolute atomic E-state index is 11.5. The number of aromatic nitrogens is 7. The van der Waals surface area contributed by atoms with E-state index in [0.29, 0.717) is 6.54 Å². The molecular weight excluding hydrogens is 865 g/mol. The second kappa shape index (κ2) is 18.7. The molecule has 7 aromatic rings. The van der Waals surface area contributed by atoms with Crippen LogP contribution in [0.1, 0.15) is 50.5 Å². The Kier molecular flexibility index (Phi) is 14.4. The molecule has 0 aliphatic heterocycles. The van der Waals surface area contributed by atoms with Crippen molar-refractivity contribution in [3.63, 3.8) is 0 Å². The Hall–Kier alpha value is -5.15. The van der Waals surface area contributed by atoms with Gasteiger partial charge in [0.05, 0.1) is 12.7 Å². The topological polar surface area (TPSA) is 85.2 Å². The van der Waals surface area contributed by atoms with E-state index in [9.17, 15) is 13.2 Å². The molecule has 4 aromatic carbocycles. The molecule has 278 valence electrons. The second-order valence-corrected chi connectivity index (χ2v) is 13.3.